The Labute approximate surface area is 150 Å². The molecule has 2 aromatic carbocycles. The lowest BCUT2D eigenvalue weighted by atomic mass is 10.2. The van der Waals surface area contributed by atoms with E-state index in [0.29, 0.717) is 34.2 Å². The number of benzene rings is 2. The van der Waals surface area contributed by atoms with Crippen molar-refractivity contribution in [2.45, 2.75) is 0 Å². The number of carbonyl (C=O) groups excluding carboxylic acids is 2. The highest BCUT2D eigenvalue weighted by Gasteiger charge is 2.17. The second-order valence-electron chi connectivity index (χ2n) is 5.37. The van der Waals surface area contributed by atoms with Crippen LogP contribution in [0.5, 0.6) is 23.0 Å². The van der Waals surface area contributed by atoms with Crippen molar-refractivity contribution in [1.29, 1.82) is 0 Å². The fourth-order valence-electron chi connectivity index (χ4n) is 2.40. The number of amides is 2. The first-order valence-corrected chi connectivity index (χ1v) is 7.80. The van der Waals surface area contributed by atoms with Gasteiger partial charge in [0.15, 0.2) is 11.5 Å². The lowest BCUT2D eigenvalue weighted by molar-refractivity contribution is -0.115. The number of carbonyl (C=O) groups is 2. The van der Waals surface area contributed by atoms with E-state index in [9.17, 15) is 9.59 Å². The van der Waals surface area contributed by atoms with Crippen molar-refractivity contribution < 1.29 is 28.5 Å². The summed E-state index contributed by atoms with van der Waals surface area (Å²) in [5.74, 6) is 1.38. The monoisotopic (exact) mass is 358 g/mol. The maximum Gasteiger partial charge on any atom is 0.251 e. The van der Waals surface area contributed by atoms with E-state index < -0.39 is 0 Å². The molecule has 0 aromatic heterocycles. The zero-order chi connectivity index (χ0) is 18.5. The number of anilines is 1. The molecular formula is C18H18N2O6. The first-order valence-electron chi connectivity index (χ1n) is 7.80. The van der Waals surface area contributed by atoms with E-state index in [1.165, 1.54) is 7.11 Å². The molecule has 1 aliphatic heterocycles. The summed E-state index contributed by atoms with van der Waals surface area (Å²) in [7, 11) is 3.03. The molecule has 0 bridgehead atoms. The fraction of sp³-hybridized carbons (Fsp3) is 0.222. The average Bonchev–Trinajstić information content (AvgIpc) is 3.14. The topological polar surface area (TPSA) is 95.1 Å². The van der Waals surface area contributed by atoms with Crippen molar-refractivity contribution in [3.63, 3.8) is 0 Å². The van der Waals surface area contributed by atoms with Gasteiger partial charge in [0, 0.05) is 11.6 Å². The van der Waals surface area contributed by atoms with Crippen LogP contribution in [0.2, 0.25) is 0 Å². The van der Waals surface area contributed by atoms with Crippen LogP contribution in [0.4, 0.5) is 5.69 Å². The van der Waals surface area contributed by atoms with Gasteiger partial charge in [-0.15, -0.1) is 0 Å². The Morgan fingerprint density at radius 2 is 1.85 bits per heavy atom. The summed E-state index contributed by atoms with van der Waals surface area (Å²) in [6, 6.07) is 9.84. The molecule has 0 radical (unpaired) electrons. The van der Waals surface area contributed by atoms with Crippen molar-refractivity contribution in [3.05, 3.63) is 42.0 Å². The molecular weight excluding hydrogens is 340 g/mol. The molecule has 1 aliphatic rings. The molecule has 26 heavy (non-hydrogen) atoms. The third kappa shape index (κ3) is 3.80. The normalized spacial score (nSPS) is 11.6. The molecule has 0 unspecified atom stereocenters. The summed E-state index contributed by atoms with van der Waals surface area (Å²) in [4.78, 5) is 24.3. The lowest BCUT2D eigenvalue weighted by Crippen LogP contribution is -2.32. The van der Waals surface area contributed by atoms with Crippen molar-refractivity contribution >= 4 is 17.5 Å². The number of hydrogen-bond acceptors (Lipinski definition) is 6. The molecule has 0 fully saturated rings. The highest BCUT2D eigenvalue weighted by Crippen LogP contribution is 2.32. The molecule has 3 rings (SSSR count). The van der Waals surface area contributed by atoms with Crippen LogP contribution in [0.25, 0.3) is 0 Å². The van der Waals surface area contributed by atoms with Gasteiger partial charge in [0.1, 0.15) is 11.5 Å². The van der Waals surface area contributed by atoms with E-state index >= 15 is 0 Å². The molecule has 2 amide bonds. The summed E-state index contributed by atoms with van der Waals surface area (Å²) in [6.45, 7) is -0.0606. The first-order chi connectivity index (χ1) is 12.6. The van der Waals surface area contributed by atoms with Crippen LogP contribution in [-0.2, 0) is 4.79 Å². The molecule has 2 N–H and O–H groups in total. The maximum absolute atomic E-state index is 12.2. The molecule has 0 saturated heterocycles. The zero-order valence-corrected chi connectivity index (χ0v) is 14.3. The van der Waals surface area contributed by atoms with Crippen LogP contribution in [0.15, 0.2) is 36.4 Å². The van der Waals surface area contributed by atoms with Gasteiger partial charge in [-0.3, -0.25) is 9.59 Å². The smallest absolute Gasteiger partial charge is 0.251 e. The van der Waals surface area contributed by atoms with Gasteiger partial charge in [-0.2, -0.15) is 0 Å². The number of nitrogens with one attached hydrogen (secondary N) is 2. The highest BCUT2D eigenvalue weighted by molar-refractivity contribution is 6.00. The van der Waals surface area contributed by atoms with Crippen molar-refractivity contribution in [2.75, 3.05) is 32.9 Å². The Kier molecular flexibility index (Phi) is 5.12. The van der Waals surface area contributed by atoms with Gasteiger partial charge in [0.05, 0.1) is 26.5 Å². The van der Waals surface area contributed by atoms with Gasteiger partial charge in [-0.1, -0.05) is 0 Å². The van der Waals surface area contributed by atoms with Gasteiger partial charge in [0.2, 0.25) is 12.7 Å². The lowest BCUT2D eigenvalue weighted by Gasteiger charge is -2.12. The molecule has 1 heterocycles. The quantitative estimate of drug-likeness (QED) is 0.818. The van der Waals surface area contributed by atoms with Crippen molar-refractivity contribution in [2.24, 2.45) is 0 Å². The number of methoxy groups -OCH3 is 2. The fourth-order valence-corrected chi connectivity index (χ4v) is 2.40. The average molecular weight is 358 g/mol. The molecule has 0 aliphatic carbocycles. The molecule has 2 aromatic rings. The minimum absolute atomic E-state index is 0.131. The van der Waals surface area contributed by atoms with Gasteiger partial charge >= 0.3 is 0 Å². The van der Waals surface area contributed by atoms with Crippen molar-refractivity contribution in [3.8, 4) is 23.0 Å². The molecule has 8 heteroatoms. The Morgan fingerprint density at radius 1 is 1.04 bits per heavy atom. The van der Waals surface area contributed by atoms with E-state index in [4.69, 9.17) is 18.9 Å². The minimum Gasteiger partial charge on any atom is -0.497 e. The molecule has 0 spiro atoms. The highest BCUT2D eigenvalue weighted by atomic mass is 16.7. The summed E-state index contributed by atoms with van der Waals surface area (Å²) in [6.07, 6.45) is 0. The standard InChI is InChI=1S/C18H18N2O6/c1-23-12-4-5-13(15(8-12)24-2)20-17(21)9-19-18(22)11-3-6-14-16(7-11)26-10-25-14/h3-8H,9-10H2,1-2H3,(H,19,22)(H,20,21). The summed E-state index contributed by atoms with van der Waals surface area (Å²) < 4.78 is 20.8. The maximum atomic E-state index is 12.2. The van der Waals surface area contributed by atoms with E-state index in [2.05, 4.69) is 10.6 Å². The zero-order valence-electron chi connectivity index (χ0n) is 14.3. The minimum atomic E-state index is -0.389. The van der Waals surface area contributed by atoms with E-state index in [0.717, 1.165) is 0 Å². The Hall–Kier alpha value is -3.42. The largest absolute Gasteiger partial charge is 0.497 e. The third-order valence-corrected chi connectivity index (χ3v) is 3.73. The first kappa shape index (κ1) is 17.4. The van der Waals surface area contributed by atoms with Crippen LogP contribution >= 0.6 is 0 Å². The van der Waals surface area contributed by atoms with E-state index in [1.807, 2.05) is 0 Å². The number of hydrogen-bond donors (Lipinski definition) is 2. The number of ether oxygens (including phenoxy) is 4. The second kappa shape index (κ2) is 7.64. The van der Waals surface area contributed by atoms with E-state index in [-0.39, 0.29) is 25.2 Å². The van der Waals surface area contributed by atoms with Gasteiger partial charge in [-0.05, 0) is 30.3 Å². The van der Waals surface area contributed by atoms with Gasteiger partial charge in [0.25, 0.3) is 5.91 Å². The SMILES string of the molecule is COc1ccc(NC(=O)CNC(=O)c2ccc3c(c2)OCO3)c(OC)c1. The second-order valence-corrected chi connectivity index (χ2v) is 5.37. The van der Waals surface area contributed by atoms with Crippen LogP contribution < -0.4 is 29.6 Å². The number of fused-ring (bicyclic) bond motifs is 1. The van der Waals surface area contributed by atoms with Crippen LogP contribution in [0.1, 0.15) is 10.4 Å². The van der Waals surface area contributed by atoms with Gasteiger partial charge < -0.3 is 29.6 Å². The summed E-state index contributed by atoms with van der Waals surface area (Å²) in [5, 5.41) is 5.24. The van der Waals surface area contributed by atoms with E-state index in [1.54, 1.807) is 43.5 Å². The predicted octanol–water partition coefficient (Wildman–Crippen LogP) is 1.80. The Balaban J connectivity index is 1.58. The van der Waals surface area contributed by atoms with Gasteiger partial charge in [-0.25, -0.2) is 0 Å². The van der Waals surface area contributed by atoms with Crippen molar-refractivity contribution in [1.82, 2.24) is 5.32 Å². The Morgan fingerprint density at radius 3 is 2.62 bits per heavy atom. The Bertz CT molecular complexity index is 836. The predicted molar refractivity (Wildman–Crippen MR) is 93.1 cm³/mol. The summed E-state index contributed by atoms with van der Waals surface area (Å²) in [5.41, 5.74) is 0.861. The molecule has 136 valence electrons. The third-order valence-electron chi connectivity index (χ3n) is 3.73. The molecule has 8 nitrogen and oxygen atoms in total. The molecule has 0 atom stereocenters. The van der Waals surface area contributed by atoms with Crippen LogP contribution in [-0.4, -0.2) is 39.4 Å². The van der Waals surface area contributed by atoms with Crippen LogP contribution in [0.3, 0.4) is 0 Å². The van der Waals surface area contributed by atoms with Crippen LogP contribution in [0, 0.1) is 0 Å². The number of rotatable bonds is 6. The molecule has 0 saturated carbocycles. The summed E-state index contributed by atoms with van der Waals surface area (Å²) >= 11 is 0.